The van der Waals surface area contributed by atoms with Crippen LogP contribution in [0.2, 0.25) is 0 Å². The molecule has 82 valence electrons. The van der Waals surface area contributed by atoms with Crippen molar-refractivity contribution >= 4 is 0 Å². The molecule has 2 rings (SSSR count). The maximum absolute atomic E-state index is 13.1. The topological polar surface area (TPSA) is 29.3 Å². The summed E-state index contributed by atoms with van der Waals surface area (Å²) in [6, 6.07) is 8.56. The molecular formula is C11H14F2N2. The summed E-state index contributed by atoms with van der Waals surface area (Å²) in [4.78, 5) is 1.69. The Morgan fingerprint density at radius 2 is 2.00 bits per heavy atom. The number of nitrogens with two attached hydrogens (primary N) is 1. The monoisotopic (exact) mass is 212 g/mol. The summed E-state index contributed by atoms with van der Waals surface area (Å²) < 4.78 is 26.2. The van der Waals surface area contributed by atoms with Crippen molar-refractivity contribution in [3.8, 4) is 0 Å². The van der Waals surface area contributed by atoms with Crippen LogP contribution in [0, 0.1) is 0 Å². The van der Waals surface area contributed by atoms with Crippen molar-refractivity contribution < 1.29 is 8.78 Å². The summed E-state index contributed by atoms with van der Waals surface area (Å²) in [6.07, 6.45) is 0. The second-order valence-corrected chi connectivity index (χ2v) is 4.02. The zero-order valence-corrected chi connectivity index (χ0v) is 8.37. The molecule has 1 heterocycles. The van der Waals surface area contributed by atoms with Crippen LogP contribution >= 0.6 is 0 Å². The van der Waals surface area contributed by atoms with Gasteiger partial charge in [-0.3, -0.25) is 4.90 Å². The van der Waals surface area contributed by atoms with E-state index in [1.807, 2.05) is 30.3 Å². The third kappa shape index (κ3) is 2.33. The van der Waals surface area contributed by atoms with E-state index >= 15 is 0 Å². The van der Waals surface area contributed by atoms with Crippen molar-refractivity contribution in [1.29, 1.82) is 0 Å². The number of benzene rings is 1. The first-order valence-electron chi connectivity index (χ1n) is 4.97. The molecule has 1 aliphatic heterocycles. The zero-order chi connectivity index (χ0) is 10.9. The molecule has 0 aliphatic carbocycles. The maximum atomic E-state index is 13.1. The standard InChI is InChI=1S/C11H14F2N2/c12-11(13)8-15(7-10(11)14)6-9-4-2-1-3-5-9/h1-5,10H,6-8,14H2. The molecule has 0 aromatic heterocycles. The van der Waals surface area contributed by atoms with Gasteiger partial charge in [0.1, 0.15) is 0 Å². The molecule has 1 aromatic rings. The lowest BCUT2D eigenvalue weighted by molar-refractivity contribution is -0.00140. The fourth-order valence-corrected chi connectivity index (χ4v) is 1.85. The Bertz CT molecular complexity index is 327. The number of alkyl halides is 2. The van der Waals surface area contributed by atoms with Gasteiger partial charge in [-0.15, -0.1) is 0 Å². The van der Waals surface area contributed by atoms with Crippen LogP contribution in [0.5, 0.6) is 0 Å². The van der Waals surface area contributed by atoms with Crippen LogP contribution in [0.25, 0.3) is 0 Å². The van der Waals surface area contributed by atoms with Crippen LogP contribution in [0.4, 0.5) is 8.78 Å². The summed E-state index contributed by atoms with van der Waals surface area (Å²) in [5, 5.41) is 0. The van der Waals surface area contributed by atoms with Gasteiger partial charge in [0.25, 0.3) is 5.92 Å². The average Bonchev–Trinajstić information content (AvgIpc) is 2.42. The fraction of sp³-hybridized carbons (Fsp3) is 0.455. The number of rotatable bonds is 2. The molecular weight excluding hydrogens is 198 g/mol. The van der Waals surface area contributed by atoms with Crippen molar-refractivity contribution in [3.63, 3.8) is 0 Å². The van der Waals surface area contributed by atoms with Gasteiger partial charge in [-0.2, -0.15) is 0 Å². The molecule has 0 amide bonds. The predicted molar refractivity (Wildman–Crippen MR) is 54.6 cm³/mol. The van der Waals surface area contributed by atoms with E-state index in [0.29, 0.717) is 6.54 Å². The largest absolute Gasteiger partial charge is 0.322 e. The molecule has 2 nitrogen and oxygen atoms in total. The first-order chi connectivity index (χ1) is 7.08. The van der Waals surface area contributed by atoms with Crippen LogP contribution in [0.3, 0.4) is 0 Å². The van der Waals surface area contributed by atoms with Gasteiger partial charge in [-0.25, -0.2) is 8.78 Å². The van der Waals surface area contributed by atoms with Gasteiger partial charge >= 0.3 is 0 Å². The van der Waals surface area contributed by atoms with Gasteiger partial charge in [-0.1, -0.05) is 30.3 Å². The molecule has 0 spiro atoms. The minimum atomic E-state index is -2.74. The lowest BCUT2D eigenvalue weighted by Crippen LogP contribution is -2.38. The first-order valence-corrected chi connectivity index (χ1v) is 4.97. The number of hydrogen-bond acceptors (Lipinski definition) is 2. The van der Waals surface area contributed by atoms with E-state index in [0.717, 1.165) is 5.56 Å². The van der Waals surface area contributed by atoms with Crippen LogP contribution < -0.4 is 5.73 Å². The Morgan fingerprint density at radius 1 is 1.33 bits per heavy atom. The van der Waals surface area contributed by atoms with E-state index in [-0.39, 0.29) is 13.1 Å². The van der Waals surface area contributed by atoms with E-state index in [2.05, 4.69) is 0 Å². The lowest BCUT2D eigenvalue weighted by atomic mass is 10.2. The molecule has 2 N–H and O–H groups in total. The van der Waals surface area contributed by atoms with Gasteiger partial charge in [0, 0.05) is 13.1 Å². The lowest BCUT2D eigenvalue weighted by Gasteiger charge is -2.14. The van der Waals surface area contributed by atoms with Gasteiger partial charge < -0.3 is 5.73 Å². The van der Waals surface area contributed by atoms with E-state index in [1.165, 1.54) is 0 Å². The highest BCUT2D eigenvalue weighted by Gasteiger charge is 2.45. The fourth-order valence-electron chi connectivity index (χ4n) is 1.85. The highest BCUT2D eigenvalue weighted by atomic mass is 19.3. The van der Waals surface area contributed by atoms with Crippen molar-refractivity contribution in [2.75, 3.05) is 13.1 Å². The average molecular weight is 212 g/mol. The van der Waals surface area contributed by atoms with Crippen molar-refractivity contribution in [3.05, 3.63) is 35.9 Å². The number of hydrogen-bond donors (Lipinski definition) is 1. The van der Waals surface area contributed by atoms with Crippen molar-refractivity contribution in [2.24, 2.45) is 5.73 Å². The van der Waals surface area contributed by atoms with Gasteiger partial charge in [0.2, 0.25) is 0 Å². The minimum Gasteiger partial charge on any atom is -0.322 e. The third-order valence-corrected chi connectivity index (χ3v) is 2.68. The first kappa shape index (κ1) is 10.5. The van der Waals surface area contributed by atoms with Gasteiger partial charge in [0.05, 0.1) is 12.6 Å². The number of halogens is 2. The van der Waals surface area contributed by atoms with Gasteiger partial charge in [0.15, 0.2) is 0 Å². The van der Waals surface area contributed by atoms with E-state index in [9.17, 15) is 8.78 Å². The third-order valence-electron chi connectivity index (χ3n) is 2.68. The van der Waals surface area contributed by atoms with Crippen LogP contribution in [-0.4, -0.2) is 30.0 Å². The SMILES string of the molecule is NC1CN(Cc2ccccc2)CC1(F)F. The molecule has 1 atom stereocenters. The Kier molecular flexibility index (Phi) is 2.71. The molecule has 1 aromatic carbocycles. The molecule has 4 heteroatoms. The normalized spacial score (nSPS) is 25.7. The molecule has 1 saturated heterocycles. The Labute approximate surface area is 87.7 Å². The number of nitrogens with zero attached hydrogens (tertiary/aromatic N) is 1. The van der Waals surface area contributed by atoms with E-state index < -0.39 is 12.0 Å². The summed E-state index contributed by atoms with van der Waals surface area (Å²) in [7, 11) is 0. The maximum Gasteiger partial charge on any atom is 0.276 e. The van der Waals surface area contributed by atoms with Crippen LogP contribution in [0.15, 0.2) is 30.3 Å². The van der Waals surface area contributed by atoms with Crippen molar-refractivity contribution in [2.45, 2.75) is 18.5 Å². The summed E-state index contributed by atoms with van der Waals surface area (Å²) in [5.74, 6) is -2.74. The Hall–Kier alpha value is -1.00. The smallest absolute Gasteiger partial charge is 0.276 e. The molecule has 1 fully saturated rings. The predicted octanol–water partition coefficient (Wildman–Crippen LogP) is 1.46. The highest BCUT2D eigenvalue weighted by Crippen LogP contribution is 2.27. The highest BCUT2D eigenvalue weighted by molar-refractivity contribution is 5.15. The molecule has 0 bridgehead atoms. The molecule has 0 saturated carbocycles. The second-order valence-electron chi connectivity index (χ2n) is 4.02. The summed E-state index contributed by atoms with van der Waals surface area (Å²) in [5.41, 5.74) is 6.41. The van der Waals surface area contributed by atoms with E-state index in [4.69, 9.17) is 5.73 Å². The molecule has 15 heavy (non-hydrogen) atoms. The number of likely N-dealkylation sites (tertiary alicyclic amines) is 1. The molecule has 1 unspecified atom stereocenters. The van der Waals surface area contributed by atoms with Crippen LogP contribution in [-0.2, 0) is 6.54 Å². The Morgan fingerprint density at radius 3 is 2.53 bits per heavy atom. The Balaban J connectivity index is 1.99. The van der Waals surface area contributed by atoms with E-state index in [1.54, 1.807) is 4.90 Å². The summed E-state index contributed by atoms with van der Waals surface area (Å²) >= 11 is 0. The second kappa shape index (κ2) is 3.87. The summed E-state index contributed by atoms with van der Waals surface area (Å²) in [6.45, 7) is 0.578. The molecule has 1 aliphatic rings. The quantitative estimate of drug-likeness (QED) is 0.804. The minimum absolute atomic E-state index is 0.233. The van der Waals surface area contributed by atoms with Crippen molar-refractivity contribution in [1.82, 2.24) is 4.90 Å². The van der Waals surface area contributed by atoms with Crippen LogP contribution in [0.1, 0.15) is 5.56 Å². The zero-order valence-electron chi connectivity index (χ0n) is 8.37. The molecule has 0 radical (unpaired) electrons. The van der Waals surface area contributed by atoms with Gasteiger partial charge in [-0.05, 0) is 5.56 Å².